The Kier molecular flexibility index (Phi) is 5.69. The first kappa shape index (κ1) is 14.8. The van der Waals surface area contributed by atoms with Crippen molar-refractivity contribution in [3.8, 4) is 0 Å². The van der Waals surface area contributed by atoms with Crippen molar-refractivity contribution < 1.29 is 9.13 Å². The van der Waals surface area contributed by atoms with Crippen LogP contribution < -0.4 is 11.1 Å². The average Bonchev–Trinajstić information content (AvgIpc) is 2.41. The summed E-state index contributed by atoms with van der Waals surface area (Å²) in [5.41, 5.74) is 7.06. The SMILES string of the molecule is Nc1cc(I)c(F)cc1NCCOC1CCCCC1. The quantitative estimate of drug-likeness (QED) is 0.466. The van der Waals surface area contributed by atoms with Gasteiger partial charge < -0.3 is 15.8 Å². The molecule has 0 heterocycles. The van der Waals surface area contributed by atoms with Crippen molar-refractivity contribution in [1.29, 1.82) is 0 Å². The number of rotatable bonds is 5. The van der Waals surface area contributed by atoms with Crippen LogP contribution >= 0.6 is 22.6 Å². The summed E-state index contributed by atoms with van der Waals surface area (Å²) in [6.07, 6.45) is 6.61. The van der Waals surface area contributed by atoms with Crippen molar-refractivity contribution in [3.05, 3.63) is 21.5 Å². The van der Waals surface area contributed by atoms with Crippen molar-refractivity contribution in [2.24, 2.45) is 0 Å². The van der Waals surface area contributed by atoms with Gasteiger partial charge in [-0.3, -0.25) is 0 Å². The molecular weight excluding hydrogens is 358 g/mol. The zero-order valence-corrected chi connectivity index (χ0v) is 13.1. The third-order valence-corrected chi connectivity index (χ3v) is 4.24. The number of anilines is 2. The van der Waals surface area contributed by atoms with E-state index in [1.807, 2.05) is 22.6 Å². The van der Waals surface area contributed by atoms with Crippen LogP contribution in [0.5, 0.6) is 0 Å². The Morgan fingerprint density at radius 2 is 2.05 bits per heavy atom. The molecule has 1 saturated carbocycles. The van der Waals surface area contributed by atoms with E-state index in [4.69, 9.17) is 10.5 Å². The van der Waals surface area contributed by atoms with E-state index >= 15 is 0 Å². The van der Waals surface area contributed by atoms with Gasteiger partial charge in [0, 0.05) is 12.6 Å². The molecule has 106 valence electrons. The first-order valence-electron chi connectivity index (χ1n) is 6.77. The molecule has 0 amide bonds. The van der Waals surface area contributed by atoms with Crippen LogP contribution in [0.25, 0.3) is 0 Å². The highest BCUT2D eigenvalue weighted by Gasteiger charge is 2.13. The lowest BCUT2D eigenvalue weighted by molar-refractivity contribution is 0.0347. The van der Waals surface area contributed by atoms with Crippen LogP contribution in [0.1, 0.15) is 32.1 Å². The minimum atomic E-state index is -0.245. The van der Waals surface area contributed by atoms with E-state index in [1.54, 1.807) is 6.07 Å². The maximum Gasteiger partial charge on any atom is 0.138 e. The number of benzene rings is 1. The average molecular weight is 378 g/mol. The Morgan fingerprint density at radius 1 is 1.32 bits per heavy atom. The van der Waals surface area contributed by atoms with Crippen LogP contribution in [-0.4, -0.2) is 19.3 Å². The second kappa shape index (κ2) is 7.28. The molecule has 1 fully saturated rings. The molecule has 0 unspecified atom stereocenters. The van der Waals surface area contributed by atoms with Gasteiger partial charge in [0.25, 0.3) is 0 Å². The molecule has 2 rings (SSSR count). The summed E-state index contributed by atoms with van der Waals surface area (Å²) < 4.78 is 19.8. The number of nitrogen functional groups attached to an aromatic ring is 1. The van der Waals surface area contributed by atoms with Crippen LogP contribution in [-0.2, 0) is 4.74 Å². The van der Waals surface area contributed by atoms with Gasteiger partial charge in [0.15, 0.2) is 0 Å². The van der Waals surface area contributed by atoms with Crippen LogP contribution in [0.2, 0.25) is 0 Å². The number of hydrogen-bond donors (Lipinski definition) is 2. The molecule has 0 bridgehead atoms. The third-order valence-electron chi connectivity index (χ3n) is 3.42. The Hall–Kier alpha value is -0.560. The lowest BCUT2D eigenvalue weighted by Crippen LogP contribution is -2.20. The van der Waals surface area contributed by atoms with Crippen LogP contribution in [0.3, 0.4) is 0 Å². The summed E-state index contributed by atoms with van der Waals surface area (Å²) >= 11 is 1.93. The van der Waals surface area contributed by atoms with Gasteiger partial charge in [0.2, 0.25) is 0 Å². The van der Waals surface area contributed by atoms with E-state index in [1.165, 1.54) is 38.2 Å². The number of ether oxygens (including phenoxy) is 1. The van der Waals surface area contributed by atoms with Crippen molar-refractivity contribution in [2.45, 2.75) is 38.2 Å². The standard InChI is InChI=1S/C14H20FIN2O/c15-11-8-14(13(17)9-12(11)16)18-6-7-19-10-4-2-1-3-5-10/h8-10,18H,1-7,17H2. The fourth-order valence-electron chi connectivity index (χ4n) is 2.36. The summed E-state index contributed by atoms with van der Waals surface area (Å²) in [6.45, 7) is 1.29. The summed E-state index contributed by atoms with van der Waals surface area (Å²) in [7, 11) is 0. The smallest absolute Gasteiger partial charge is 0.138 e. The maximum atomic E-state index is 13.4. The number of nitrogens with one attached hydrogen (secondary N) is 1. The lowest BCUT2D eigenvalue weighted by atomic mass is 9.98. The van der Waals surface area contributed by atoms with Crippen LogP contribution in [0, 0.1) is 9.39 Å². The molecule has 3 nitrogen and oxygen atoms in total. The lowest BCUT2D eigenvalue weighted by Gasteiger charge is -2.22. The van der Waals surface area contributed by atoms with Crippen molar-refractivity contribution in [3.63, 3.8) is 0 Å². The molecule has 5 heteroatoms. The predicted octanol–water partition coefficient (Wildman–Crippen LogP) is 3.77. The monoisotopic (exact) mass is 378 g/mol. The predicted molar refractivity (Wildman–Crippen MR) is 84.8 cm³/mol. The fourth-order valence-corrected chi connectivity index (χ4v) is 2.85. The van der Waals surface area contributed by atoms with Crippen molar-refractivity contribution >= 4 is 34.0 Å². The third kappa shape index (κ3) is 4.49. The zero-order valence-electron chi connectivity index (χ0n) is 10.9. The van der Waals surface area contributed by atoms with E-state index in [9.17, 15) is 4.39 Å². The zero-order chi connectivity index (χ0) is 13.7. The minimum Gasteiger partial charge on any atom is -0.397 e. The largest absolute Gasteiger partial charge is 0.397 e. The van der Waals surface area contributed by atoms with E-state index in [0.717, 1.165) is 0 Å². The maximum absolute atomic E-state index is 13.4. The topological polar surface area (TPSA) is 47.3 Å². The number of halogens is 2. The minimum absolute atomic E-state index is 0.245. The Bertz CT molecular complexity index is 422. The second-order valence-corrected chi connectivity index (χ2v) is 6.07. The fraction of sp³-hybridized carbons (Fsp3) is 0.571. The molecule has 0 radical (unpaired) electrons. The molecular formula is C14H20FIN2O. The van der Waals surface area contributed by atoms with E-state index < -0.39 is 0 Å². The summed E-state index contributed by atoms with van der Waals surface area (Å²) in [4.78, 5) is 0. The van der Waals surface area contributed by atoms with Gasteiger partial charge in [-0.1, -0.05) is 19.3 Å². The van der Waals surface area contributed by atoms with Crippen LogP contribution in [0.4, 0.5) is 15.8 Å². The molecule has 0 saturated heterocycles. The van der Waals surface area contributed by atoms with E-state index in [0.29, 0.717) is 34.2 Å². The highest BCUT2D eigenvalue weighted by atomic mass is 127. The summed E-state index contributed by atoms with van der Waals surface area (Å²) in [5, 5.41) is 3.13. The Balaban J connectivity index is 1.74. The van der Waals surface area contributed by atoms with Gasteiger partial charge in [0.05, 0.1) is 27.7 Å². The molecule has 0 atom stereocenters. The van der Waals surface area contributed by atoms with Gasteiger partial charge in [0.1, 0.15) is 5.82 Å². The molecule has 1 aliphatic rings. The second-order valence-electron chi connectivity index (χ2n) is 4.91. The first-order valence-corrected chi connectivity index (χ1v) is 7.84. The summed E-state index contributed by atoms with van der Waals surface area (Å²) in [5.74, 6) is -0.245. The normalized spacial score (nSPS) is 16.5. The molecule has 3 N–H and O–H groups in total. The molecule has 1 aromatic rings. The van der Waals surface area contributed by atoms with Gasteiger partial charge in [-0.15, -0.1) is 0 Å². The molecule has 0 spiro atoms. The summed E-state index contributed by atoms with van der Waals surface area (Å²) in [6, 6.07) is 3.08. The Morgan fingerprint density at radius 3 is 2.79 bits per heavy atom. The number of hydrogen-bond acceptors (Lipinski definition) is 3. The number of nitrogens with two attached hydrogens (primary N) is 1. The Labute approximate surface area is 127 Å². The van der Waals surface area contributed by atoms with E-state index in [-0.39, 0.29) is 5.82 Å². The van der Waals surface area contributed by atoms with Gasteiger partial charge in [-0.25, -0.2) is 4.39 Å². The van der Waals surface area contributed by atoms with Crippen molar-refractivity contribution in [2.75, 3.05) is 24.2 Å². The van der Waals surface area contributed by atoms with Crippen molar-refractivity contribution in [1.82, 2.24) is 0 Å². The molecule has 19 heavy (non-hydrogen) atoms. The van der Waals surface area contributed by atoms with E-state index in [2.05, 4.69) is 5.32 Å². The molecule has 0 aliphatic heterocycles. The highest BCUT2D eigenvalue weighted by molar-refractivity contribution is 14.1. The highest BCUT2D eigenvalue weighted by Crippen LogP contribution is 2.24. The molecule has 1 aliphatic carbocycles. The molecule has 1 aromatic carbocycles. The van der Waals surface area contributed by atoms with Gasteiger partial charge >= 0.3 is 0 Å². The first-order chi connectivity index (χ1) is 9.16. The molecule has 0 aromatic heterocycles. The van der Waals surface area contributed by atoms with Gasteiger partial charge in [-0.05, 0) is 41.5 Å². The van der Waals surface area contributed by atoms with Crippen LogP contribution in [0.15, 0.2) is 12.1 Å². The van der Waals surface area contributed by atoms with Gasteiger partial charge in [-0.2, -0.15) is 0 Å².